The molecule has 1 aromatic carbocycles. The van der Waals surface area contributed by atoms with E-state index in [1.54, 1.807) is 23.9 Å². The molecule has 0 fully saturated rings. The molecular weight excluding hydrogens is 263 g/mol. The van der Waals surface area contributed by atoms with Crippen molar-refractivity contribution in [3.63, 3.8) is 0 Å². The number of hydrogen-bond acceptors (Lipinski definition) is 4. The number of fused-ring (bicyclic) bond motifs is 1. The molecule has 0 amide bonds. The molecule has 2 heterocycles. The summed E-state index contributed by atoms with van der Waals surface area (Å²) >= 11 is 0. The van der Waals surface area contributed by atoms with Crippen molar-refractivity contribution >= 4 is 16.6 Å². The summed E-state index contributed by atoms with van der Waals surface area (Å²) in [4.78, 5) is 14.0. The molecule has 6 nitrogen and oxygen atoms in total. The highest BCUT2D eigenvalue weighted by molar-refractivity contribution is 5.94. The average molecular weight is 272 g/mol. The van der Waals surface area contributed by atoms with Gasteiger partial charge in [0.15, 0.2) is 0 Å². The maximum Gasteiger partial charge on any atom is 0.270 e. The number of aryl methyl sites for hydroxylation is 1. The van der Waals surface area contributed by atoms with E-state index >= 15 is 0 Å². The number of nitrogens with zero attached hydrogens (tertiary/aromatic N) is 4. The summed E-state index contributed by atoms with van der Waals surface area (Å²) < 4.78 is 14.5. The second-order valence-corrected chi connectivity index (χ2v) is 4.30. The van der Waals surface area contributed by atoms with E-state index in [9.17, 15) is 14.5 Å². The fourth-order valence-electron chi connectivity index (χ4n) is 2.10. The fraction of sp³-hybridized carbons (Fsp3) is 0.0769. The number of benzene rings is 1. The van der Waals surface area contributed by atoms with Crippen LogP contribution in [0.25, 0.3) is 22.2 Å². The van der Waals surface area contributed by atoms with Gasteiger partial charge < -0.3 is 0 Å². The van der Waals surface area contributed by atoms with Crippen LogP contribution in [0.5, 0.6) is 0 Å². The molecule has 3 rings (SSSR count). The first-order valence-corrected chi connectivity index (χ1v) is 5.79. The summed E-state index contributed by atoms with van der Waals surface area (Å²) in [5.74, 6) is -0.583. The Morgan fingerprint density at radius 2 is 2.10 bits per heavy atom. The number of aromatic nitrogens is 3. The Labute approximate surface area is 112 Å². The van der Waals surface area contributed by atoms with E-state index in [0.29, 0.717) is 16.6 Å². The Morgan fingerprint density at radius 1 is 1.30 bits per heavy atom. The second-order valence-electron chi connectivity index (χ2n) is 4.30. The molecule has 0 spiro atoms. The van der Waals surface area contributed by atoms with Gasteiger partial charge in [-0.3, -0.25) is 14.8 Å². The zero-order valence-corrected chi connectivity index (χ0v) is 10.4. The van der Waals surface area contributed by atoms with Crippen LogP contribution in [0.1, 0.15) is 0 Å². The molecule has 0 radical (unpaired) electrons. The predicted octanol–water partition coefficient (Wildman–Crippen LogP) is 2.68. The Bertz CT molecular complexity index is 811. The zero-order valence-electron chi connectivity index (χ0n) is 10.4. The third-order valence-electron chi connectivity index (χ3n) is 3.05. The maximum atomic E-state index is 12.9. The molecule has 0 atom stereocenters. The number of rotatable bonds is 2. The molecule has 2 aromatic heterocycles. The Hall–Kier alpha value is -2.83. The summed E-state index contributed by atoms with van der Waals surface area (Å²) in [6, 6.07) is 7.30. The van der Waals surface area contributed by atoms with Gasteiger partial charge in [0, 0.05) is 36.3 Å². The third kappa shape index (κ3) is 1.89. The van der Waals surface area contributed by atoms with Crippen LogP contribution in [-0.4, -0.2) is 19.7 Å². The highest BCUT2D eigenvalue weighted by atomic mass is 19.1. The lowest BCUT2D eigenvalue weighted by Crippen LogP contribution is -1.90. The Morgan fingerprint density at radius 3 is 2.75 bits per heavy atom. The van der Waals surface area contributed by atoms with Crippen LogP contribution in [0.4, 0.5) is 10.1 Å². The molecule has 3 aromatic rings. The number of hydrogen-bond donors (Lipinski definition) is 0. The van der Waals surface area contributed by atoms with Gasteiger partial charge >= 0.3 is 0 Å². The summed E-state index contributed by atoms with van der Waals surface area (Å²) in [6.07, 6.45) is 1.36. The summed E-state index contributed by atoms with van der Waals surface area (Å²) in [6.45, 7) is 0. The van der Waals surface area contributed by atoms with Gasteiger partial charge in [0.25, 0.3) is 5.69 Å². The zero-order chi connectivity index (χ0) is 14.3. The number of nitro benzene ring substituents is 1. The highest BCUT2D eigenvalue weighted by Crippen LogP contribution is 2.29. The fourth-order valence-corrected chi connectivity index (χ4v) is 2.10. The van der Waals surface area contributed by atoms with E-state index in [1.165, 1.54) is 24.4 Å². The van der Waals surface area contributed by atoms with Crippen LogP contribution >= 0.6 is 0 Å². The van der Waals surface area contributed by atoms with Gasteiger partial charge in [0.05, 0.1) is 10.4 Å². The minimum Gasteiger partial charge on any atom is -0.267 e. The van der Waals surface area contributed by atoms with Crippen molar-refractivity contribution in [2.24, 2.45) is 7.05 Å². The minimum absolute atomic E-state index is 0.0122. The van der Waals surface area contributed by atoms with Crippen LogP contribution in [0.2, 0.25) is 0 Å². The lowest BCUT2D eigenvalue weighted by atomic mass is 10.1. The SMILES string of the molecule is Cn1nc(-c2ccc(F)nc2)c2cc([N+](=O)[O-])ccc21. The van der Waals surface area contributed by atoms with Crippen molar-refractivity contribution in [2.75, 3.05) is 0 Å². The van der Waals surface area contributed by atoms with Crippen LogP contribution in [0.3, 0.4) is 0 Å². The normalized spacial score (nSPS) is 10.9. The van der Waals surface area contributed by atoms with E-state index in [-0.39, 0.29) is 5.69 Å². The van der Waals surface area contributed by atoms with Crippen molar-refractivity contribution in [1.29, 1.82) is 0 Å². The van der Waals surface area contributed by atoms with Crippen molar-refractivity contribution in [3.05, 3.63) is 52.6 Å². The van der Waals surface area contributed by atoms with Crippen molar-refractivity contribution in [1.82, 2.24) is 14.8 Å². The number of halogens is 1. The van der Waals surface area contributed by atoms with Gasteiger partial charge in [-0.05, 0) is 18.2 Å². The lowest BCUT2D eigenvalue weighted by Gasteiger charge is -1.97. The van der Waals surface area contributed by atoms with Gasteiger partial charge in [-0.2, -0.15) is 9.49 Å². The lowest BCUT2D eigenvalue weighted by molar-refractivity contribution is -0.384. The molecule has 20 heavy (non-hydrogen) atoms. The number of nitro groups is 1. The molecule has 0 aliphatic heterocycles. The van der Waals surface area contributed by atoms with Gasteiger partial charge in [0.2, 0.25) is 5.95 Å². The molecule has 0 aliphatic carbocycles. The van der Waals surface area contributed by atoms with Crippen molar-refractivity contribution in [3.8, 4) is 11.3 Å². The van der Waals surface area contributed by atoms with Crippen LogP contribution in [0, 0.1) is 16.1 Å². The summed E-state index contributed by atoms with van der Waals surface area (Å²) in [7, 11) is 1.74. The molecule has 0 unspecified atom stereocenters. The Balaban J connectivity index is 2.27. The molecule has 0 aliphatic rings. The molecule has 100 valence electrons. The molecule has 0 N–H and O–H groups in total. The number of non-ortho nitro benzene ring substituents is 1. The quantitative estimate of drug-likeness (QED) is 0.408. The highest BCUT2D eigenvalue weighted by Gasteiger charge is 2.15. The largest absolute Gasteiger partial charge is 0.270 e. The van der Waals surface area contributed by atoms with Crippen LogP contribution in [-0.2, 0) is 7.05 Å². The van der Waals surface area contributed by atoms with E-state index in [0.717, 1.165) is 5.52 Å². The number of pyridine rings is 1. The van der Waals surface area contributed by atoms with E-state index < -0.39 is 10.9 Å². The maximum absolute atomic E-state index is 12.9. The first-order chi connectivity index (χ1) is 9.56. The first-order valence-electron chi connectivity index (χ1n) is 5.79. The van der Waals surface area contributed by atoms with Crippen LogP contribution < -0.4 is 0 Å². The standard InChI is InChI=1S/C13H9FN4O2/c1-17-11-4-3-9(18(19)20)6-10(11)13(16-17)8-2-5-12(14)15-7-8/h2-7H,1H3. The van der Waals surface area contributed by atoms with Crippen molar-refractivity contribution < 1.29 is 9.31 Å². The van der Waals surface area contributed by atoms with Gasteiger partial charge in [-0.1, -0.05) is 0 Å². The second kappa shape index (κ2) is 4.37. The summed E-state index contributed by atoms with van der Waals surface area (Å²) in [5, 5.41) is 15.8. The van der Waals surface area contributed by atoms with E-state index in [2.05, 4.69) is 10.1 Å². The third-order valence-corrected chi connectivity index (χ3v) is 3.05. The van der Waals surface area contributed by atoms with Gasteiger partial charge in [-0.15, -0.1) is 0 Å². The van der Waals surface area contributed by atoms with Gasteiger partial charge in [-0.25, -0.2) is 4.98 Å². The summed E-state index contributed by atoms with van der Waals surface area (Å²) in [5.41, 5.74) is 1.90. The predicted molar refractivity (Wildman–Crippen MR) is 70.6 cm³/mol. The van der Waals surface area contributed by atoms with E-state index in [4.69, 9.17) is 0 Å². The Kier molecular flexibility index (Phi) is 2.67. The van der Waals surface area contributed by atoms with E-state index in [1.807, 2.05) is 0 Å². The first kappa shape index (κ1) is 12.2. The van der Waals surface area contributed by atoms with Crippen LogP contribution in [0.15, 0.2) is 36.5 Å². The molecule has 0 saturated carbocycles. The molecule has 0 bridgehead atoms. The molecule has 0 saturated heterocycles. The topological polar surface area (TPSA) is 73.8 Å². The van der Waals surface area contributed by atoms with Gasteiger partial charge in [0.1, 0.15) is 5.69 Å². The molecular formula is C13H9FN4O2. The smallest absolute Gasteiger partial charge is 0.267 e. The van der Waals surface area contributed by atoms with Crippen molar-refractivity contribution in [2.45, 2.75) is 0 Å². The average Bonchev–Trinajstić information content (AvgIpc) is 2.76. The minimum atomic E-state index is -0.583. The molecule has 7 heteroatoms. The monoisotopic (exact) mass is 272 g/mol.